The van der Waals surface area contributed by atoms with E-state index in [9.17, 15) is 9.18 Å². The summed E-state index contributed by atoms with van der Waals surface area (Å²) in [6, 6.07) is 6.54. The lowest BCUT2D eigenvalue weighted by Gasteiger charge is -2.33. The maximum atomic E-state index is 12.9. The standard InChI is InChI=1S/C16H23FN2OS/c1-2-19-16(15(18)20)10-3-4-12(16)9-11-21-14-7-5-13(17)6-8-14/h5-8,12,19H,2-4,9-11H2,1H3,(H2,18,20). The molecule has 5 heteroatoms. The van der Waals surface area contributed by atoms with Gasteiger partial charge < -0.3 is 11.1 Å². The van der Waals surface area contributed by atoms with Gasteiger partial charge >= 0.3 is 0 Å². The number of hydrogen-bond donors (Lipinski definition) is 2. The maximum absolute atomic E-state index is 12.9. The van der Waals surface area contributed by atoms with Crippen LogP contribution in [-0.4, -0.2) is 23.7 Å². The van der Waals surface area contributed by atoms with Gasteiger partial charge in [0.05, 0.1) is 0 Å². The van der Waals surface area contributed by atoms with Crippen LogP contribution in [0.5, 0.6) is 0 Å². The van der Waals surface area contributed by atoms with Crippen LogP contribution < -0.4 is 11.1 Å². The Morgan fingerprint density at radius 1 is 1.48 bits per heavy atom. The fourth-order valence-electron chi connectivity index (χ4n) is 3.28. The smallest absolute Gasteiger partial charge is 0.238 e. The number of carbonyl (C=O) groups is 1. The largest absolute Gasteiger partial charge is 0.368 e. The van der Waals surface area contributed by atoms with Gasteiger partial charge in [-0.15, -0.1) is 11.8 Å². The number of hydrogen-bond acceptors (Lipinski definition) is 3. The van der Waals surface area contributed by atoms with Crippen molar-refractivity contribution in [3.63, 3.8) is 0 Å². The Hall–Kier alpha value is -1.07. The highest BCUT2D eigenvalue weighted by atomic mass is 32.2. The third-order valence-corrected chi connectivity index (χ3v) is 5.35. The Balaban J connectivity index is 1.92. The van der Waals surface area contributed by atoms with E-state index in [0.717, 1.165) is 42.9 Å². The monoisotopic (exact) mass is 310 g/mol. The number of nitrogens with one attached hydrogen (secondary N) is 1. The van der Waals surface area contributed by atoms with Crippen LogP contribution in [0.3, 0.4) is 0 Å². The minimum absolute atomic E-state index is 0.213. The van der Waals surface area contributed by atoms with Crippen LogP contribution in [-0.2, 0) is 4.79 Å². The van der Waals surface area contributed by atoms with Crippen LogP contribution in [0.15, 0.2) is 29.2 Å². The van der Waals surface area contributed by atoms with E-state index in [2.05, 4.69) is 5.32 Å². The van der Waals surface area contributed by atoms with E-state index in [1.807, 2.05) is 6.92 Å². The summed E-state index contributed by atoms with van der Waals surface area (Å²) in [7, 11) is 0. The number of carbonyl (C=O) groups excluding carboxylic acids is 1. The highest BCUT2D eigenvalue weighted by Crippen LogP contribution is 2.39. The van der Waals surface area contributed by atoms with Crippen molar-refractivity contribution in [3.8, 4) is 0 Å². The van der Waals surface area contributed by atoms with Gasteiger partial charge in [0.2, 0.25) is 5.91 Å². The van der Waals surface area contributed by atoms with Gasteiger partial charge in [-0.3, -0.25) is 4.79 Å². The van der Waals surface area contributed by atoms with E-state index in [0.29, 0.717) is 5.92 Å². The molecule has 2 atom stereocenters. The van der Waals surface area contributed by atoms with Crippen LogP contribution in [0.25, 0.3) is 0 Å². The quantitative estimate of drug-likeness (QED) is 0.761. The van der Waals surface area contributed by atoms with Gasteiger partial charge in [-0.05, 0) is 61.7 Å². The zero-order valence-electron chi connectivity index (χ0n) is 12.4. The molecule has 3 nitrogen and oxygen atoms in total. The lowest BCUT2D eigenvalue weighted by Crippen LogP contribution is -2.57. The molecule has 0 saturated heterocycles. The van der Waals surface area contributed by atoms with Crippen LogP contribution in [0.1, 0.15) is 32.6 Å². The second kappa shape index (κ2) is 7.27. The summed E-state index contributed by atoms with van der Waals surface area (Å²) in [4.78, 5) is 13.0. The van der Waals surface area contributed by atoms with Crippen molar-refractivity contribution in [2.75, 3.05) is 12.3 Å². The average Bonchev–Trinajstić information content (AvgIpc) is 2.86. The molecule has 0 aromatic heterocycles. The molecule has 21 heavy (non-hydrogen) atoms. The molecule has 1 saturated carbocycles. The Morgan fingerprint density at radius 2 is 2.19 bits per heavy atom. The summed E-state index contributed by atoms with van der Waals surface area (Å²) >= 11 is 1.70. The number of nitrogens with two attached hydrogens (primary N) is 1. The number of amides is 1. The summed E-state index contributed by atoms with van der Waals surface area (Å²) < 4.78 is 12.9. The number of rotatable bonds is 7. The summed E-state index contributed by atoms with van der Waals surface area (Å²) in [5, 5.41) is 3.33. The average molecular weight is 310 g/mol. The predicted octanol–water partition coefficient (Wildman–Crippen LogP) is 2.94. The fraction of sp³-hybridized carbons (Fsp3) is 0.562. The first kappa shape index (κ1) is 16.3. The van der Waals surface area contributed by atoms with Gasteiger partial charge in [0.1, 0.15) is 11.4 Å². The predicted molar refractivity (Wildman–Crippen MR) is 84.7 cm³/mol. The molecule has 1 aliphatic rings. The molecule has 2 unspecified atom stereocenters. The molecule has 1 amide bonds. The van der Waals surface area contributed by atoms with Gasteiger partial charge in [-0.25, -0.2) is 4.39 Å². The molecular weight excluding hydrogens is 287 g/mol. The SMILES string of the molecule is CCNC1(C(N)=O)CCCC1CCSc1ccc(F)cc1. The third kappa shape index (κ3) is 3.77. The van der Waals surface area contributed by atoms with Gasteiger partial charge in [0.25, 0.3) is 0 Å². The van der Waals surface area contributed by atoms with Gasteiger partial charge in [0.15, 0.2) is 0 Å². The topological polar surface area (TPSA) is 55.1 Å². The Morgan fingerprint density at radius 3 is 2.81 bits per heavy atom. The number of likely N-dealkylation sites (N-methyl/N-ethyl adjacent to an activating group) is 1. The van der Waals surface area contributed by atoms with Gasteiger partial charge in [0, 0.05) is 4.90 Å². The summed E-state index contributed by atoms with van der Waals surface area (Å²) in [5.74, 6) is 0.771. The molecule has 1 fully saturated rings. The molecule has 1 aliphatic carbocycles. The zero-order valence-corrected chi connectivity index (χ0v) is 13.2. The van der Waals surface area contributed by atoms with E-state index >= 15 is 0 Å². The fourth-order valence-corrected chi connectivity index (χ4v) is 4.24. The number of benzene rings is 1. The van der Waals surface area contributed by atoms with Crippen molar-refractivity contribution in [3.05, 3.63) is 30.1 Å². The minimum atomic E-state index is -0.530. The van der Waals surface area contributed by atoms with Crippen LogP contribution in [0.2, 0.25) is 0 Å². The molecule has 0 radical (unpaired) electrons. The Kier molecular flexibility index (Phi) is 5.65. The van der Waals surface area contributed by atoms with E-state index in [4.69, 9.17) is 5.73 Å². The Bertz CT molecular complexity index is 480. The van der Waals surface area contributed by atoms with Crippen molar-refractivity contribution in [2.24, 2.45) is 11.7 Å². The van der Waals surface area contributed by atoms with Crippen molar-refractivity contribution >= 4 is 17.7 Å². The Labute approximate surface area is 129 Å². The lowest BCUT2D eigenvalue weighted by atomic mass is 9.84. The van der Waals surface area contributed by atoms with E-state index < -0.39 is 5.54 Å². The summed E-state index contributed by atoms with van der Waals surface area (Å²) in [6.07, 6.45) is 3.86. The van der Waals surface area contributed by atoms with Crippen LogP contribution in [0.4, 0.5) is 4.39 Å². The first-order valence-corrected chi connectivity index (χ1v) is 8.50. The van der Waals surface area contributed by atoms with E-state index in [1.54, 1.807) is 23.9 Å². The number of halogens is 1. The zero-order chi connectivity index (χ0) is 15.3. The van der Waals surface area contributed by atoms with Crippen LogP contribution >= 0.6 is 11.8 Å². The van der Waals surface area contributed by atoms with Crippen molar-refractivity contribution in [1.82, 2.24) is 5.32 Å². The second-order valence-corrected chi connectivity index (χ2v) is 6.71. The van der Waals surface area contributed by atoms with Gasteiger partial charge in [-0.2, -0.15) is 0 Å². The summed E-state index contributed by atoms with van der Waals surface area (Å²) in [6.45, 7) is 2.76. The van der Waals surface area contributed by atoms with E-state index in [1.165, 1.54) is 12.1 Å². The molecule has 116 valence electrons. The first-order chi connectivity index (χ1) is 10.1. The maximum Gasteiger partial charge on any atom is 0.238 e. The lowest BCUT2D eigenvalue weighted by molar-refractivity contribution is -0.125. The molecule has 0 aliphatic heterocycles. The minimum Gasteiger partial charge on any atom is -0.368 e. The highest BCUT2D eigenvalue weighted by molar-refractivity contribution is 7.99. The number of thioether (sulfide) groups is 1. The second-order valence-electron chi connectivity index (χ2n) is 5.55. The van der Waals surface area contributed by atoms with Crippen molar-refractivity contribution in [1.29, 1.82) is 0 Å². The molecular formula is C16H23FN2OS. The van der Waals surface area contributed by atoms with Gasteiger partial charge in [-0.1, -0.05) is 13.3 Å². The third-order valence-electron chi connectivity index (χ3n) is 4.30. The molecule has 3 N–H and O–H groups in total. The first-order valence-electron chi connectivity index (χ1n) is 7.52. The normalized spacial score (nSPS) is 25.1. The molecule has 1 aromatic carbocycles. The molecule has 0 spiro atoms. The molecule has 0 bridgehead atoms. The van der Waals surface area contributed by atoms with Crippen LogP contribution in [0, 0.1) is 11.7 Å². The molecule has 0 heterocycles. The molecule has 1 aromatic rings. The summed E-state index contributed by atoms with van der Waals surface area (Å²) in [5.41, 5.74) is 5.13. The number of primary amides is 1. The van der Waals surface area contributed by atoms with Crippen molar-refractivity contribution < 1.29 is 9.18 Å². The highest BCUT2D eigenvalue weighted by Gasteiger charge is 2.46. The van der Waals surface area contributed by atoms with Crippen molar-refractivity contribution in [2.45, 2.75) is 43.0 Å². The van der Waals surface area contributed by atoms with E-state index in [-0.39, 0.29) is 11.7 Å². The molecule has 2 rings (SSSR count).